The molecule has 0 saturated carbocycles. The Morgan fingerprint density at radius 1 is 1.33 bits per heavy atom. The molecule has 1 aromatic carbocycles. The van der Waals surface area contributed by atoms with E-state index in [1.165, 1.54) is 0 Å². The summed E-state index contributed by atoms with van der Waals surface area (Å²) < 4.78 is 11.8. The molecule has 0 saturated heterocycles. The second-order valence-electron chi connectivity index (χ2n) is 5.10. The Morgan fingerprint density at radius 3 is 2.88 bits per heavy atom. The second kappa shape index (κ2) is 7.51. The Kier molecular flexibility index (Phi) is 4.97. The van der Waals surface area contributed by atoms with Crippen LogP contribution in [0.1, 0.15) is 16.2 Å². The number of amides is 1. The van der Waals surface area contributed by atoms with Gasteiger partial charge in [-0.1, -0.05) is 29.4 Å². The fourth-order valence-electron chi connectivity index (χ4n) is 2.13. The summed E-state index contributed by atoms with van der Waals surface area (Å²) in [6.45, 7) is 1.54. The lowest BCUT2D eigenvalue weighted by Crippen LogP contribution is -2.27. The van der Waals surface area contributed by atoms with Crippen molar-refractivity contribution < 1.29 is 14.1 Å². The molecule has 0 aliphatic heterocycles. The van der Waals surface area contributed by atoms with Gasteiger partial charge in [0.2, 0.25) is 5.82 Å². The Bertz CT molecular complexity index is 780. The molecular weight excluding hydrogens is 310 g/mol. The average Bonchev–Trinajstić information content (AvgIpc) is 3.27. The van der Waals surface area contributed by atoms with Crippen molar-refractivity contribution in [2.45, 2.75) is 6.54 Å². The van der Waals surface area contributed by atoms with Crippen LogP contribution in [-0.4, -0.2) is 45.9 Å². The molecule has 124 valence electrons. The molecule has 0 spiro atoms. The number of carbonyl (C=O) groups excluding carboxylic acids is 1. The number of nitrogens with one attached hydrogen (secondary N) is 1. The highest BCUT2D eigenvalue weighted by Crippen LogP contribution is 2.17. The zero-order valence-electron chi connectivity index (χ0n) is 13.2. The molecule has 0 radical (unpaired) electrons. The first-order valence-corrected chi connectivity index (χ1v) is 7.42. The summed E-state index contributed by atoms with van der Waals surface area (Å²) in [5.74, 6) is -0.104. The Labute approximate surface area is 138 Å². The minimum Gasteiger partial charge on any atom is -0.383 e. The van der Waals surface area contributed by atoms with Gasteiger partial charge in [0.1, 0.15) is 0 Å². The van der Waals surface area contributed by atoms with Crippen LogP contribution in [0.4, 0.5) is 0 Å². The van der Waals surface area contributed by atoms with Crippen LogP contribution in [0, 0.1) is 0 Å². The SMILES string of the molecule is COCCNC(=O)c1nc(-c2ccc(Cn3ccnc3)cc2)no1. The Balaban J connectivity index is 1.65. The first-order valence-electron chi connectivity index (χ1n) is 7.42. The Hall–Kier alpha value is -3.00. The van der Waals surface area contributed by atoms with Gasteiger partial charge in [-0.05, 0) is 5.56 Å². The molecule has 0 atom stereocenters. The number of nitrogens with zero attached hydrogens (tertiary/aromatic N) is 4. The summed E-state index contributed by atoms with van der Waals surface area (Å²) in [5.41, 5.74) is 1.90. The molecule has 0 aliphatic carbocycles. The van der Waals surface area contributed by atoms with Crippen molar-refractivity contribution in [3.63, 3.8) is 0 Å². The lowest BCUT2D eigenvalue weighted by atomic mass is 10.1. The van der Waals surface area contributed by atoms with E-state index in [4.69, 9.17) is 9.26 Å². The maximum absolute atomic E-state index is 11.8. The van der Waals surface area contributed by atoms with Gasteiger partial charge in [0, 0.05) is 38.2 Å². The van der Waals surface area contributed by atoms with Crippen molar-refractivity contribution >= 4 is 5.91 Å². The van der Waals surface area contributed by atoms with Crippen molar-refractivity contribution in [1.29, 1.82) is 0 Å². The van der Waals surface area contributed by atoms with Crippen molar-refractivity contribution in [3.05, 3.63) is 54.4 Å². The third-order valence-corrected chi connectivity index (χ3v) is 3.35. The molecule has 2 heterocycles. The van der Waals surface area contributed by atoms with E-state index < -0.39 is 5.91 Å². The van der Waals surface area contributed by atoms with E-state index >= 15 is 0 Å². The molecule has 8 heteroatoms. The van der Waals surface area contributed by atoms with E-state index in [1.807, 2.05) is 35.0 Å². The summed E-state index contributed by atoms with van der Waals surface area (Å²) in [7, 11) is 1.56. The number of aromatic nitrogens is 4. The fraction of sp³-hybridized carbons (Fsp3) is 0.250. The number of carbonyl (C=O) groups is 1. The van der Waals surface area contributed by atoms with Gasteiger partial charge < -0.3 is 19.1 Å². The predicted molar refractivity (Wildman–Crippen MR) is 85.3 cm³/mol. The molecule has 8 nitrogen and oxygen atoms in total. The van der Waals surface area contributed by atoms with Crippen molar-refractivity contribution in [1.82, 2.24) is 25.0 Å². The van der Waals surface area contributed by atoms with Gasteiger partial charge in [-0.25, -0.2) is 4.98 Å². The van der Waals surface area contributed by atoms with Crippen LogP contribution < -0.4 is 5.32 Å². The summed E-state index contributed by atoms with van der Waals surface area (Å²) in [6.07, 6.45) is 5.41. The fourth-order valence-corrected chi connectivity index (χ4v) is 2.13. The van der Waals surface area contributed by atoms with E-state index in [-0.39, 0.29) is 5.89 Å². The first kappa shape index (κ1) is 15.9. The predicted octanol–water partition coefficient (Wildman–Crippen LogP) is 1.36. The van der Waals surface area contributed by atoms with Crippen LogP contribution in [0.2, 0.25) is 0 Å². The zero-order valence-corrected chi connectivity index (χ0v) is 13.2. The molecule has 0 unspecified atom stereocenters. The zero-order chi connectivity index (χ0) is 16.8. The van der Waals surface area contributed by atoms with Gasteiger partial charge in [-0.3, -0.25) is 4.79 Å². The lowest BCUT2D eigenvalue weighted by Gasteiger charge is -2.03. The maximum Gasteiger partial charge on any atom is 0.316 e. The van der Waals surface area contributed by atoms with Crippen LogP contribution in [0.5, 0.6) is 0 Å². The van der Waals surface area contributed by atoms with Gasteiger partial charge in [0.05, 0.1) is 12.9 Å². The van der Waals surface area contributed by atoms with Gasteiger partial charge in [0.15, 0.2) is 0 Å². The summed E-state index contributed by atoms with van der Waals surface area (Å²) >= 11 is 0. The van der Waals surface area contributed by atoms with Crippen molar-refractivity contribution in [2.24, 2.45) is 0 Å². The third kappa shape index (κ3) is 3.85. The van der Waals surface area contributed by atoms with E-state index in [1.54, 1.807) is 19.6 Å². The van der Waals surface area contributed by atoms with E-state index in [0.29, 0.717) is 19.0 Å². The van der Waals surface area contributed by atoms with E-state index in [9.17, 15) is 4.79 Å². The summed E-state index contributed by atoms with van der Waals surface area (Å²) in [4.78, 5) is 20.0. The van der Waals surface area contributed by atoms with Crippen LogP contribution in [0.25, 0.3) is 11.4 Å². The molecule has 24 heavy (non-hydrogen) atoms. The lowest BCUT2D eigenvalue weighted by molar-refractivity contribution is 0.0893. The largest absolute Gasteiger partial charge is 0.383 e. The third-order valence-electron chi connectivity index (χ3n) is 3.35. The highest BCUT2D eigenvalue weighted by molar-refractivity contribution is 5.89. The molecule has 0 bridgehead atoms. The number of ether oxygens (including phenoxy) is 1. The number of hydrogen-bond acceptors (Lipinski definition) is 6. The molecule has 2 aromatic heterocycles. The number of hydrogen-bond donors (Lipinski definition) is 1. The van der Waals surface area contributed by atoms with Crippen molar-refractivity contribution in [3.8, 4) is 11.4 Å². The topological polar surface area (TPSA) is 95.1 Å². The number of methoxy groups -OCH3 is 1. The maximum atomic E-state index is 11.8. The summed E-state index contributed by atoms with van der Waals surface area (Å²) in [5, 5.41) is 6.48. The molecule has 3 rings (SSSR count). The minimum atomic E-state index is -0.414. The molecule has 1 amide bonds. The summed E-state index contributed by atoms with van der Waals surface area (Å²) in [6, 6.07) is 7.74. The number of imidazole rings is 1. The first-order chi connectivity index (χ1) is 11.8. The second-order valence-corrected chi connectivity index (χ2v) is 5.10. The Morgan fingerprint density at radius 2 is 2.17 bits per heavy atom. The highest BCUT2D eigenvalue weighted by atomic mass is 16.5. The molecule has 0 fully saturated rings. The minimum absolute atomic E-state index is 0.0661. The van der Waals surface area contributed by atoms with Crippen molar-refractivity contribution in [2.75, 3.05) is 20.3 Å². The van der Waals surface area contributed by atoms with E-state index in [2.05, 4.69) is 20.4 Å². The number of rotatable bonds is 7. The standard InChI is InChI=1S/C16H17N5O3/c1-23-9-7-18-15(22)16-19-14(20-24-16)13-4-2-12(3-5-13)10-21-8-6-17-11-21/h2-6,8,11H,7,9-10H2,1H3,(H,18,22). The monoisotopic (exact) mass is 327 g/mol. The van der Waals surface area contributed by atoms with Crippen LogP contribution in [0.15, 0.2) is 47.5 Å². The van der Waals surface area contributed by atoms with E-state index in [0.717, 1.165) is 17.7 Å². The van der Waals surface area contributed by atoms with Crippen LogP contribution >= 0.6 is 0 Å². The van der Waals surface area contributed by atoms with Gasteiger partial charge in [-0.2, -0.15) is 4.98 Å². The smallest absolute Gasteiger partial charge is 0.316 e. The number of benzene rings is 1. The quantitative estimate of drug-likeness (QED) is 0.658. The van der Waals surface area contributed by atoms with Gasteiger partial charge in [-0.15, -0.1) is 0 Å². The molecular formula is C16H17N5O3. The van der Waals surface area contributed by atoms with Crippen LogP contribution in [-0.2, 0) is 11.3 Å². The van der Waals surface area contributed by atoms with Crippen LogP contribution in [0.3, 0.4) is 0 Å². The highest BCUT2D eigenvalue weighted by Gasteiger charge is 2.15. The van der Waals surface area contributed by atoms with Gasteiger partial charge in [0.25, 0.3) is 0 Å². The molecule has 3 aromatic rings. The van der Waals surface area contributed by atoms with Gasteiger partial charge >= 0.3 is 11.8 Å². The molecule has 1 N–H and O–H groups in total. The average molecular weight is 327 g/mol. The normalized spacial score (nSPS) is 10.7. The molecule has 0 aliphatic rings.